The van der Waals surface area contributed by atoms with Gasteiger partial charge in [-0.25, -0.2) is 4.98 Å². The number of methoxy groups -OCH3 is 1. The molecule has 6 rings (SSSR count). The van der Waals surface area contributed by atoms with E-state index < -0.39 is 29.8 Å². The van der Waals surface area contributed by atoms with Gasteiger partial charge in [0, 0.05) is 23.1 Å². The van der Waals surface area contributed by atoms with Crippen LogP contribution in [0.15, 0.2) is 54.6 Å². The molecule has 0 fully saturated rings. The van der Waals surface area contributed by atoms with Gasteiger partial charge in [-0.3, -0.25) is 9.89 Å². The Balaban J connectivity index is 1.29. The largest absolute Gasteiger partial charge is 0.492 e. The molecule has 1 N–H and O–H groups in total. The first-order valence-electron chi connectivity index (χ1n) is 13.3. The minimum atomic E-state index is -4.71. The number of fused-ring (bicyclic) bond motifs is 2. The lowest BCUT2D eigenvalue weighted by Gasteiger charge is -2.20. The van der Waals surface area contributed by atoms with E-state index in [0.29, 0.717) is 42.1 Å². The molecule has 0 bridgehead atoms. The van der Waals surface area contributed by atoms with Crippen LogP contribution in [0.4, 0.5) is 26.3 Å². The molecule has 2 aliphatic rings. The molecule has 13 heteroatoms. The van der Waals surface area contributed by atoms with Gasteiger partial charge in [0.25, 0.3) is 0 Å². The van der Waals surface area contributed by atoms with Crippen molar-refractivity contribution in [2.24, 2.45) is 0 Å². The summed E-state index contributed by atoms with van der Waals surface area (Å²) in [5.41, 5.74) is 1.59. The summed E-state index contributed by atoms with van der Waals surface area (Å²) in [5, 5.41) is 5.41. The van der Waals surface area contributed by atoms with E-state index in [1.165, 1.54) is 37.4 Å². The maximum Gasteiger partial charge on any atom is 0.451 e. The van der Waals surface area contributed by atoms with E-state index in [-0.39, 0.29) is 40.8 Å². The molecule has 2 heterocycles. The summed E-state index contributed by atoms with van der Waals surface area (Å²) in [6, 6.07) is 13.3. The summed E-state index contributed by atoms with van der Waals surface area (Å²) in [4.78, 5) is 15.1. The van der Waals surface area contributed by atoms with Gasteiger partial charge in [0.05, 0.1) is 25.7 Å². The van der Waals surface area contributed by atoms with Crippen molar-refractivity contribution in [2.45, 2.75) is 43.6 Å². The van der Waals surface area contributed by atoms with Gasteiger partial charge in [-0.15, -0.1) is 0 Å². The molecular weight excluding hydrogens is 580 g/mol. The second-order valence-electron chi connectivity index (χ2n) is 10.3. The number of aromatic amines is 1. The van der Waals surface area contributed by atoms with Crippen LogP contribution in [0.5, 0.6) is 11.5 Å². The zero-order valence-electron chi connectivity index (χ0n) is 22.5. The van der Waals surface area contributed by atoms with Crippen LogP contribution in [0.2, 0.25) is 0 Å². The van der Waals surface area contributed by atoms with Gasteiger partial charge in [0.15, 0.2) is 5.82 Å². The fourth-order valence-electron chi connectivity index (χ4n) is 5.61. The summed E-state index contributed by atoms with van der Waals surface area (Å²) < 4.78 is 97.9. The number of alkyl halides is 6. The van der Waals surface area contributed by atoms with E-state index >= 15 is 0 Å². The van der Waals surface area contributed by atoms with E-state index in [1.54, 1.807) is 12.1 Å². The van der Waals surface area contributed by atoms with Crippen LogP contribution in [-0.4, -0.2) is 34.9 Å². The fraction of sp³-hybridized carbons (Fsp3) is 0.300. The number of aromatic nitrogens is 3. The van der Waals surface area contributed by atoms with Gasteiger partial charge in [0.1, 0.15) is 17.6 Å². The summed E-state index contributed by atoms with van der Waals surface area (Å²) in [6.45, 7) is 0.322. The number of ether oxygens (including phenoxy) is 3. The Morgan fingerprint density at radius 1 is 0.977 bits per heavy atom. The lowest BCUT2D eigenvalue weighted by Crippen LogP contribution is -2.10. The Bertz CT molecular complexity index is 1680. The highest BCUT2D eigenvalue weighted by Gasteiger charge is 2.39. The van der Waals surface area contributed by atoms with Crippen LogP contribution in [0.25, 0.3) is 22.5 Å². The van der Waals surface area contributed by atoms with Gasteiger partial charge in [-0.1, -0.05) is 36.4 Å². The molecule has 43 heavy (non-hydrogen) atoms. The van der Waals surface area contributed by atoms with Crippen LogP contribution in [0.3, 0.4) is 0 Å². The predicted molar refractivity (Wildman–Crippen MR) is 140 cm³/mol. The number of carbonyl (C=O) groups excluding carboxylic acids is 1. The first kappa shape index (κ1) is 28.6. The van der Waals surface area contributed by atoms with E-state index in [4.69, 9.17) is 14.2 Å². The molecule has 2 atom stereocenters. The molecule has 0 unspecified atom stereocenters. The molecule has 4 aromatic rings. The fourth-order valence-corrected chi connectivity index (χ4v) is 5.61. The number of esters is 1. The minimum Gasteiger partial charge on any atom is -0.492 e. The van der Waals surface area contributed by atoms with Gasteiger partial charge >= 0.3 is 18.3 Å². The van der Waals surface area contributed by atoms with E-state index in [0.717, 1.165) is 11.6 Å². The number of nitrogens with one attached hydrogen (secondary N) is 1. The number of nitrogens with zero attached hydrogens (tertiary/aromatic N) is 2. The maximum absolute atomic E-state index is 14.2. The lowest BCUT2D eigenvalue weighted by molar-refractivity contribution is -0.144. The minimum absolute atomic E-state index is 0.00319. The number of rotatable bonds is 6. The number of hydrogen-bond acceptors (Lipinski definition) is 6. The summed E-state index contributed by atoms with van der Waals surface area (Å²) in [6.07, 6.45) is -8.95. The summed E-state index contributed by atoms with van der Waals surface area (Å²) in [7, 11) is 1.32. The lowest BCUT2D eigenvalue weighted by atomic mass is 9.91. The zero-order valence-corrected chi connectivity index (χ0v) is 22.5. The molecule has 0 saturated carbocycles. The molecule has 7 nitrogen and oxygen atoms in total. The molecule has 0 amide bonds. The smallest absolute Gasteiger partial charge is 0.451 e. The second-order valence-corrected chi connectivity index (χ2v) is 10.3. The number of carbonyl (C=O) groups is 1. The Kier molecular flexibility index (Phi) is 7.05. The highest BCUT2D eigenvalue weighted by atomic mass is 19.4. The Labute approximate surface area is 240 Å². The second kappa shape index (κ2) is 10.6. The molecular formula is C30H23F6N3O4. The molecule has 0 spiro atoms. The van der Waals surface area contributed by atoms with Crippen molar-refractivity contribution >= 4 is 5.97 Å². The normalized spacial score (nSPS) is 17.7. The molecule has 1 aromatic heterocycles. The van der Waals surface area contributed by atoms with Crippen molar-refractivity contribution in [3.63, 3.8) is 0 Å². The Morgan fingerprint density at radius 3 is 2.37 bits per heavy atom. The topological polar surface area (TPSA) is 86.3 Å². The number of benzene rings is 3. The molecule has 224 valence electrons. The Morgan fingerprint density at radius 2 is 1.70 bits per heavy atom. The van der Waals surface area contributed by atoms with Crippen molar-refractivity contribution < 1.29 is 45.3 Å². The third-order valence-electron chi connectivity index (χ3n) is 7.63. The predicted octanol–water partition coefficient (Wildman–Crippen LogP) is 7.28. The molecule has 1 aliphatic heterocycles. The van der Waals surface area contributed by atoms with E-state index in [1.807, 2.05) is 11.2 Å². The average molecular weight is 604 g/mol. The third kappa shape index (κ3) is 5.51. The van der Waals surface area contributed by atoms with Crippen LogP contribution in [-0.2, 0) is 28.3 Å². The van der Waals surface area contributed by atoms with Gasteiger partial charge in [-0.2, -0.15) is 31.4 Å². The van der Waals surface area contributed by atoms with Gasteiger partial charge in [0.2, 0.25) is 5.82 Å². The van der Waals surface area contributed by atoms with Crippen LogP contribution in [0.1, 0.15) is 52.9 Å². The third-order valence-corrected chi connectivity index (χ3v) is 7.63. The zero-order chi connectivity index (χ0) is 30.5. The first-order chi connectivity index (χ1) is 20.4. The highest BCUT2D eigenvalue weighted by molar-refractivity contribution is 5.76. The SMILES string of the molecule is COC(=O)C[C@@H]1COc2cc(O[C@@H]3CCc4c3ccc(C(F)(F)F)c4-c3ccc(-c4n[nH]c(C(F)(F)F)n4)cc3)ccc21. The summed E-state index contributed by atoms with van der Waals surface area (Å²) >= 11 is 0. The Hall–Kier alpha value is -4.55. The van der Waals surface area contributed by atoms with Gasteiger partial charge in [-0.05, 0) is 47.2 Å². The van der Waals surface area contributed by atoms with Crippen molar-refractivity contribution in [1.82, 2.24) is 15.2 Å². The molecule has 1 aliphatic carbocycles. The first-order valence-corrected chi connectivity index (χ1v) is 13.3. The van der Waals surface area contributed by atoms with Crippen molar-refractivity contribution in [2.75, 3.05) is 13.7 Å². The number of halogens is 6. The van der Waals surface area contributed by atoms with E-state index in [2.05, 4.69) is 10.1 Å². The van der Waals surface area contributed by atoms with Crippen LogP contribution >= 0.6 is 0 Å². The quantitative estimate of drug-likeness (QED) is 0.184. The van der Waals surface area contributed by atoms with Gasteiger partial charge < -0.3 is 14.2 Å². The molecule has 0 saturated heterocycles. The maximum atomic E-state index is 14.2. The average Bonchev–Trinajstić information content (AvgIpc) is 3.71. The van der Waals surface area contributed by atoms with Crippen molar-refractivity contribution in [1.29, 1.82) is 0 Å². The molecule has 3 aromatic carbocycles. The summed E-state index contributed by atoms with van der Waals surface area (Å²) in [5.74, 6) is -0.932. The monoisotopic (exact) mass is 603 g/mol. The highest BCUT2D eigenvalue weighted by Crippen LogP contribution is 2.47. The van der Waals surface area contributed by atoms with Crippen LogP contribution < -0.4 is 9.47 Å². The van der Waals surface area contributed by atoms with Crippen molar-refractivity contribution in [3.05, 3.63) is 82.7 Å². The van der Waals surface area contributed by atoms with Crippen LogP contribution in [0, 0.1) is 0 Å². The number of H-pyrrole nitrogens is 1. The number of hydrogen-bond donors (Lipinski definition) is 1. The van der Waals surface area contributed by atoms with Crippen molar-refractivity contribution in [3.8, 4) is 34.0 Å². The van der Waals surface area contributed by atoms with E-state index in [9.17, 15) is 31.1 Å². The molecule has 0 radical (unpaired) electrons. The standard InChI is InChI=1S/C30H23F6N3O4/c1-41-25(40)12-17-14-42-24-13-18(6-7-19(17)24)43-23-11-9-21-20(23)8-10-22(29(31,32)33)26(21)15-2-4-16(5-3-15)27-37-28(39-38-27)30(34,35)36/h2-8,10,13,17,23H,9,11-12,14H2,1H3,(H,37,38,39)/t17-,23-/m1/s1.